The number of benzene rings is 1. The van der Waals surface area contributed by atoms with Crippen LogP contribution >= 0.6 is 0 Å². The summed E-state index contributed by atoms with van der Waals surface area (Å²) < 4.78 is 18.6. The molecule has 0 saturated carbocycles. The van der Waals surface area contributed by atoms with Crippen LogP contribution in [0.25, 0.3) is 0 Å². The van der Waals surface area contributed by atoms with Gasteiger partial charge in [-0.05, 0) is 18.6 Å². The summed E-state index contributed by atoms with van der Waals surface area (Å²) >= 11 is 0. The maximum atomic E-state index is 13.5. The van der Waals surface area contributed by atoms with E-state index in [-0.39, 0.29) is 24.6 Å². The summed E-state index contributed by atoms with van der Waals surface area (Å²) in [6.45, 7) is 5.45. The summed E-state index contributed by atoms with van der Waals surface area (Å²) in [5.74, 6) is -0.810. The molecule has 17 heavy (non-hydrogen) atoms. The Balaban J connectivity index is 2.92. The van der Waals surface area contributed by atoms with Crippen LogP contribution in [0.3, 0.4) is 0 Å². The van der Waals surface area contributed by atoms with Crippen LogP contribution in [0.4, 0.5) is 10.1 Å². The van der Waals surface area contributed by atoms with Crippen LogP contribution in [0, 0.1) is 22.9 Å². The lowest BCUT2D eigenvalue weighted by Crippen LogP contribution is -2.10. The second-order valence-electron chi connectivity index (χ2n) is 3.57. The highest BCUT2D eigenvalue weighted by atomic mass is 19.1. The van der Waals surface area contributed by atoms with E-state index >= 15 is 0 Å². The molecule has 0 aromatic heterocycles. The Morgan fingerprint density at radius 2 is 2.29 bits per heavy atom. The molecule has 0 fully saturated rings. The molecule has 1 aromatic rings. The van der Waals surface area contributed by atoms with Crippen molar-refractivity contribution in [3.05, 3.63) is 45.8 Å². The van der Waals surface area contributed by atoms with E-state index in [4.69, 9.17) is 10.5 Å². The molecular formula is C11H13FN2O3. The number of ether oxygens (including phenoxy) is 1. The van der Waals surface area contributed by atoms with Crippen molar-refractivity contribution >= 4 is 5.69 Å². The minimum absolute atomic E-state index is 0.0392. The van der Waals surface area contributed by atoms with Gasteiger partial charge >= 0.3 is 0 Å². The van der Waals surface area contributed by atoms with E-state index in [0.717, 1.165) is 6.07 Å². The molecule has 0 heterocycles. The van der Waals surface area contributed by atoms with Crippen LogP contribution in [0.1, 0.15) is 5.56 Å². The number of aryl methyl sites for hydroxylation is 1. The molecule has 5 nitrogen and oxygen atoms in total. The van der Waals surface area contributed by atoms with Crippen LogP contribution in [-0.4, -0.2) is 18.1 Å². The fourth-order valence-electron chi connectivity index (χ4n) is 1.19. The fraction of sp³-hybridized carbons (Fsp3) is 0.273. The molecule has 0 aliphatic heterocycles. The maximum absolute atomic E-state index is 13.5. The smallest absolute Gasteiger partial charge is 0.275 e. The second kappa shape index (κ2) is 5.40. The predicted octanol–water partition coefficient (Wildman–Crippen LogP) is 1.94. The highest BCUT2D eigenvalue weighted by Gasteiger charge is 2.16. The monoisotopic (exact) mass is 240 g/mol. The van der Waals surface area contributed by atoms with E-state index in [0.29, 0.717) is 11.1 Å². The van der Waals surface area contributed by atoms with Crippen LogP contribution in [0.2, 0.25) is 0 Å². The van der Waals surface area contributed by atoms with Gasteiger partial charge < -0.3 is 10.5 Å². The lowest BCUT2D eigenvalue weighted by Gasteiger charge is -2.09. The van der Waals surface area contributed by atoms with Crippen molar-refractivity contribution in [2.75, 3.05) is 13.2 Å². The minimum atomic E-state index is -0.771. The van der Waals surface area contributed by atoms with E-state index in [2.05, 4.69) is 6.58 Å². The molecule has 0 unspecified atom stereocenters. The standard InChI is InChI=1S/C11H13FN2O3/c1-7(5-13)6-17-11-3-8(2)10(14(15)16)4-9(11)12/h3-4H,1,5-6,13H2,2H3. The highest BCUT2D eigenvalue weighted by Crippen LogP contribution is 2.27. The Morgan fingerprint density at radius 1 is 1.65 bits per heavy atom. The first kappa shape index (κ1) is 13.1. The predicted molar refractivity (Wildman–Crippen MR) is 61.5 cm³/mol. The molecule has 0 aliphatic carbocycles. The first-order chi connectivity index (χ1) is 7.95. The molecule has 0 aliphatic rings. The van der Waals surface area contributed by atoms with Gasteiger partial charge in [-0.3, -0.25) is 10.1 Å². The number of nitro benzene ring substituents is 1. The molecule has 1 aromatic carbocycles. The third kappa shape index (κ3) is 3.25. The molecule has 6 heteroatoms. The summed E-state index contributed by atoms with van der Waals surface area (Å²) in [4.78, 5) is 9.93. The van der Waals surface area contributed by atoms with Crippen molar-refractivity contribution in [3.8, 4) is 5.75 Å². The Labute approximate surface area is 97.8 Å². The van der Waals surface area contributed by atoms with Gasteiger partial charge in [0.1, 0.15) is 6.61 Å². The highest BCUT2D eigenvalue weighted by molar-refractivity contribution is 5.45. The van der Waals surface area contributed by atoms with E-state index in [1.54, 1.807) is 0 Å². The molecule has 0 bridgehead atoms. The van der Waals surface area contributed by atoms with Crippen molar-refractivity contribution in [1.82, 2.24) is 0 Å². The van der Waals surface area contributed by atoms with Crippen LogP contribution in [-0.2, 0) is 0 Å². The second-order valence-corrected chi connectivity index (χ2v) is 3.57. The van der Waals surface area contributed by atoms with Gasteiger partial charge in [0.05, 0.1) is 11.0 Å². The zero-order chi connectivity index (χ0) is 13.0. The SMILES string of the molecule is C=C(CN)COc1cc(C)c([N+](=O)[O-])cc1F. The third-order valence-electron chi connectivity index (χ3n) is 2.17. The number of hydrogen-bond acceptors (Lipinski definition) is 4. The maximum Gasteiger partial charge on any atom is 0.275 e. The zero-order valence-corrected chi connectivity index (χ0v) is 9.40. The molecule has 0 radical (unpaired) electrons. The molecule has 0 saturated heterocycles. The van der Waals surface area contributed by atoms with E-state index in [1.807, 2.05) is 0 Å². The number of halogens is 1. The summed E-state index contributed by atoms with van der Waals surface area (Å²) in [5, 5.41) is 10.6. The number of nitro groups is 1. The molecule has 0 atom stereocenters. The van der Waals surface area contributed by atoms with Gasteiger partial charge in [0.2, 0.25) is 0 Å². The van der Waals surface area contributed by atoms with Crippen molar-refractivity contribution in [2.45, 2.75) is 6.92 Å². The molecule has 1 rings (SSSR count). The zero-order valence-electron chi connectivity index (χ0n) is 9.40. The van der Waals surface area contributed by atoms with Crippen molar-refractivity contribution < 1.29 is 14.1 Å². The van der Waals surface area contributed by atoms with Gasteiger partial charge in [-0.2, -0.15) is 0 Å². The molecule has 0 amide bonds. The van der Waals surface area contributed by atoms with Gasteiger partial charge in [0, 0.05) is 12.1 Å². The Hall–Kier alpha value is -1.95. The van der Waals surface area contributed by atoms with Crippen molar-refractivity contribution in [1.29, 1.82) is 0 Å². The average molecular weight is 240 g/mol. The summed E-state index contributed by atoms with van der Waals surface area (Å²) in [6, 6.07) is 2.13. The molecule has 0 spiro atoms. The summed E-state index contributed by atoms with van der Waals surface area (Å²) in [5.41, 5.74) is 5.98. The van der Waals surface area contributed by atoms with Gasteiger partial charge in [-0.15, -0.1) is 0 Å². The number of nitrogens with two attached hydrogens (primary N) is 1. The first-order valence-corrected chi connectivity index (χ1v) is 4.89. The quantitative estimate of drug-likeness (QED) is 0.484. The van der Waals surface area contributed by atoms with Crippen molar-refractivity contribution in [2.24, 2.45) is 5.73 Å². The number of rotatable bonds is 5. The number of hydrogen-bond donors (Lipinski definition) is 1. The Morgan fingerprint density at radius 3 is 2.82 bits per heavy atom. The molecular weight excluding hydrogens is 227 g/mol. The van der Waals surface area contributed by atoms with Gasteiger partial charge in [0.25, 0.3) is 5.69 Å². The Bertz CT molecular complexity index is 460. The third-order valence-corrected chi connectivity index (χ3v) is 2.17. The first-order valence-electron chi connectivity index (χ1n) is 4.89. The summed E-state index contributed by atoms with van der Waals surface area (Å²) in [6.07, 6.45) is 0. The van der Waals surface area contributed by atoms with E-state index in [9.17, 15) is 14.5 Å². The molecule has 92 valence electrons. The van der Waals surface area contributed by atoms with Crippen LogP contribution < -0.4 is 10.5 Å². The lowest BCUT2D eigenvalue weighted by atomic mass is 10.2. The normalized spacial score (nSPS) is 10.1. The van der Waals surface area contributed by atoms with Crippen molar-refractivity contribution in [3.63, 3.8) is 0 Å². The fourth-order valence-corrected chi connectivity index (χ4v) is 1.19. The topological polar surface area (TPSA) is 78.4 Å². The van der Waals surface area contributed by atoms with Gasteiger partial charge in [-0.25, -0.2) is 4.39 Å². The van der Waals surface area contributed by atoms with E-state index < -0.39 is 10.7 Å². The molecule has 2 N–H and O–H groups in total. The minimum Gasteiger partial charge on any atom is -0.486 e. The Kier molecular flexibility index (Phi) is 4.17. The average Bonchev–Trinajstić information content (AvgIpc) is 2.28. The number of nitrogens with zero attached hydrogens (tertiary/aromatic N) is 1. The van der Waals surface area contributed by atoms with Gasteiger partial charge in [-0.1, -0.05) is 6.58 Å². The van der Waals surface area contributed by atoms with E-state index in [1.165, 1.54) is 13.0 Å². The largest absolute Gasteiger partial charge is 0.486 e. The summed E-state index contributed by atoms with van der Waals surface area (Å²) in [7, 11) is 0. The van der Waals surface area contributed by atoms with Crippen LogP contribution in [0.15, 0.2) is 24.3 Å². The van der Waals surface area contributed by atoms with Gasteiger partial charge in [0.15, 0.2) is 11.6 Å². The van der Waals surface area contributed by atoms with Crippen LogP contribution in [0.5, 0.6) is 5.75 Å². The lowest BCUT2D eigenvalue weighted by molar-refractivity contribution is -0.385.